The predicted molar refractivity (Wildman–Crippen MR) is 134 cm³/mol. The van der Waals surface area contributed by atoms with Crippen LogP contribution >= 0.6 is 0 Å². The van der Waals surface area contributed by atoms with E-state index < -0.39 is 23.3 Å². The number of phenols is 1. The standard InChI is InChI=1S/C28H28F2N2O4/c1-32-15-13-21(14-16-32)36-23-7-4-6-22(17-23)35-18-20-5-2-3-8-25(20)31-26(33)12-10-19-9-11-24(29)28(34)27(19)30/h2-12,17,21,34H,13-16,18H2,1H3,(H,31,33). The van der Waals surface area contributed by atoms with Crippen LogP contribution in [0.15, 0.2) is 66.7 Å². The Labute approximate surface area is 208 Å². The number of piperidine rings is 1. The van der Waals surface area contributed by atoms with E-state index in [0.29, 0.717) is 11.4 Å². The summed E-state index contributed by atoms with van der Waals surface area (Å²) in [6.07, 6.45) is 4.43. The second-order valence-corrected chi connectivity index (χ2v) is 8.66. The lowest BCUT2D eigenvalue weighted by molar-refractivity contribution is -0.111. The van der Waals surface area contributed by atoms with Gasteiger partial charge in [-0.2, -0.15) is 0 Å². The number of likely N-dealkylation sites (tertiary alicyclic amines) is 1. The van der Waals surface area contributed by atoms with Crippen molar-refractivity contribution in [3.63, 3.8) is 0 Å². The van der Waals surface area contributed by atoms with Crippen molar-refractivity contribution in [2.75, 3.05) is 25.5 Å². The molecular weight excluding hydrogens is 466 g/mol. The molecule has 36 heavy (non-hydrogen) atoms. The van der Waals surface area contributed by atoms with Crippen LogP contribution in [0.1, 0.15) is 24.0 Å². The zero-order chi connectivity index (χ0) is 25.5. The van der Waals surface area contributed by atoms with Gasteiger partial charge in [0.05, 0.1) is 0 Å². The van der Waals surface area contributed by atoms with Crippen LogP contribution < -0.4 is 14.8 Å². The van der Waals surface area contributed by atoms with E-state index >= 15 is 0 Å². The number of rotatable bonds is 8. The fourth-order valence-corrected chi connectivity index (χ4v) is 3.89. The highest BCUT2D eigenvalue weighted by molar-refractivity contribution is 6.02. The second-order valence-electron chi connectivity index (χ2n) is 8.66. The van der Waals surface area contributed by atoms with Gasteiger partial charge in [0.15, 0.2) is 17.4 Å². The summed E-state index contributed by atoms with van der Waals surface area (Å²) in [7, 11) is 2.11. The second kappa shape index (κ2) is 11.7. The van der Waals surface area contributed by atoms with Crippen molar-refractivity contribution in [2.45, 2.75) is 25.6 Å². The Morgan fingerprint density at radius 1 is 1.08 bits per heavy atom. The molecule has 1 fully saturated rings. The van der Waals surface area contributed by atoms with E-state index in [4.69, 9.17) is 9.47 Å². The number of nitrogens with one attached hydrogen (secondary N) is 1. The lowest BCUT2D eigenvalue weighted by Crippen LogP contribution is -2.35. The molecule has 0 spiro atoms. The Balaban J connectivity index is 1.36. The lowest BCUT2D eigenvalue weighted by Gasteiger charge is -2.29. The molecule has 0 radical (unpaired) electrons. The van der Waals surface area contributed by atoms with Gasteiger partial charge in [-0.25, -0.2) is 8.78 Å². The van der Waals surface area contributed by atoms with Gasteiger partial charge in [-0.1, -0.05) is 24.3 Å². The zero-order valence-corrected chi connectivity index (χ0v) is 19.9. The van der Waals surface area contributed by atoms with Crippen molar-refractivity contribution in [1.82, 2.24) is 4.90 Å². The topological polar surface area (TPSA) is 71.0 Å². The SMILES string of the molecule is CN1CCC(Oc2cccc(OCc3ccccc3NC(=O)C=Cc3ccc(F)c(O)c3F)c2)CC1. The van der Waals surface area contributed by atoms with E-state index in [1.54, 1.807) is 12.1 Å². The molecule has 1 amide bonds. The van der Waals surface area contributed by atoms with Gasteiger partial charge in [0.1, 0.15) is 24.2 Å². The fraction of sp³-hybridized carbons (Fsp3) is 0.250. The number of halogens is 2. The van der Waals surface area contributed by atoms with E-state index in [9.17, 15) is 18.7 Å². The van der Waals surface area contributed by atoms with Crippen molar-refractivity contribution in [1.29, 1.82) is 0 Å². The molecule has 0 unspecified atom stereocenters. The van der Waals surface area contributed by atoms with E-state index in [1.807, 2.05) is 36.4 Å². The molecule has 1 saturated heterocycles. The van der Waals surface area contributed by atoms with Crippen LogP contribution in [0.2, 0.25) is 0 Å². The van der Waals surface area contributed by atoms with E-state index in [2.05, 4.69) is 17.3 Å². The average Bonchev–Trinajstić information content (AvgIpc) is 2.88. The van der Waals surface area contributed by atoms with Crippen LogP contribution in [0.5, 0.6) is 17.2 Å². The summed E-state index contributed by atoms with van der Waals surface area (Å²) >= 11 is 0. The maximum Gasteiger partial charge on any atom is 0.248 e. The summed E-state index contributed by atoms with van der Waals surface area (Å²) in [5.74, 6) is -2.39. The third-order valence-electron chi connectivity index (χ3n) is 5.95. The summed E-state index contributed by atoms with van der Waals surface area (Å²) < 4.78 is 39.2. The van der Waals surface area contributed by atoms with Crippen LogP contribution in [0, 0.1) is 11.6 Å². The predicted octanol–water partition coefficient (Wildman–Crippen LogP) is 5.37. The Hall–Kier alpha value is -3.91. The van der Waals surface area contributed by atoms with Gasteiger partial charge in [-0.15, -0.1) is 0 Å². The number of para-hydroxylation sites is 1. The van der Waals surface area contributed by atoms with Crippen LogP contribution in [-0.2, 0) is 11.4 Å². The molecule has 8 heteroatoms. The summed E-state index contributed by atoms with van der Waals surface area (Å²) in [4.78, 5) is 14.7. The smallest absolute Gasteiger partial charge is 0.248 e. The number of ether oxygens (including phenoxy) is 2. The minimum Gasteiger partial charge on any atom is -0.503 e. The van der Waals surface area contributed by atoms with Gasteiger partial charge in [-0.3, -0.25) is 4.79 Å². The highest BCUT2D eigenvalue weighted by Crippen LogP contribution is 2.26. The van der Waals surface area contributed by atoms with Crippen molar-refractivity contribution >= 4 is 17.7 Å². The third-order valence-corrected chi connectivity index (χ3v) is 5.95. The molecular formula is C28H28F2N2O4. The molecule has 3 aromatic carbocycles. The molecule has 1 heterocycles. The molecule has 1 aliphatic rings. The van der Waals surface area contributed by atoms with Crippen molar-refractivity contribution < 1.29 is 28.2 Å². The molecule has 0 aliphatic carbocycles. The first kappa shape index (κ1) is 25.2. The number of nitrogens with zero attached hydrogens (tertiary/aromatic N) is 1. The van der Waals surface area contributed by atoms with Gasteiger partial charge >= 0.3 is 0 Å². The monoisotopic (exact) mass is 494 g/mol. The van der Waals surface area contributed by atoms with E-state index in [1.165, 1.54) is 6.08 Å². The number of carbonyl (C=O) groups excluding carboxylic acids is 1. The first-order chi connectivity index (χ1) is 17.4. The minimum atomic E-state index is -1.13. The molecule has 0 atom stereocenters. The van der Waals surface area contributed by atoms with Crippen LogP contribution in [0.3, 0.4) is 0 Å². The number of carbonyl (C=O) groups is 1. The number of amides is 1. The molecule has 3 aromatic rings. The Bertz CT molecular complexity index is 1240. The van der Waals surface area contributed by atoms with Gasteiger partial charge < -0.3 is 24.8 Å². The van der Waals surface area contributed by atoms with Crippen molar-refractivity contribution in [3.8, 4) is 17.2 Å². The molecule has 0 aromatic heterocycles. The van der Waals surface area contributed by atoms with E-state index in [-0.39, 0.29) is 18.3 Å². The number of phenolic OH excluding ortho intramolecular Hbond substituents is 1. The number of benzene rings is 3. The number of aromatic hydroxyl groups is 1. The van der Waals surface area contributed by atoms with Crippen LogP contribution in [-0.4, -0.2) is 42.2 Å². The van der Waals surface area contributed by atoms with Crippen molar-refractivity contribution in [3.05, 3.63) is 89.5 Å². The van der Waals surface area contributed by atoms with Gasteiger partial charge in [0, 0.05) is 42.0 Å². The van der Waals surface area contributed by atoms with E-state index in [0.717, 1.165) is 55.5 Å². The van der Waals surface area contributed by atoms with Gasteiger partial charge in [0.25, 0.3) is 0 Å². The number of anilines is 1. The Kier molecular flexibility index (Phi) is 8.17. The molecule has 0 bridgehead atoms. The lowest BCUT2D eigenvalue weighted by atomic mass is 10.1. The summed E-state index contributed by atoms with van der Waals surface area (Å²) in [6.45, 7) is 2.23. The maximum absolute atomic E-state index is 13.9. The molecule has 6 nitrogen and oxygen atoms in total. The highest BCUT2D eigenvalue weighted by Gasteiger charge is 2.18. The van der Waals surface area contributed by atoms with Crippen LogP contribution in [0.25, 0.3) is 6.08 Å². The summed E-state index contributed by atoms with van der Waals surface area (Å²) in [5, 5.41) is 12.1. The molecule has 188 valence electrons. The summed E-state index contributed by atoms with van der Waals surface area (Å²) in [5.41, 5.74) is 1.17. The zero-order valence-electron chi connectivity index (χ0n) is 19.9. The van der Waals surface area contributed by atoms with Crippen molar-refractivity contribution in [2.24, 2.45) is 0 Å². The molecule has 4 rings (SSSR count). The van der Waals surface area contributed by atoms with Crippen LogP contribution in [0.4, 0.5) is 14.5 Å². The van der Waals surface area contributed by atoms with Gasteiger partial charge in [0.2, 0.25) is 5.91 Å². The number of hydrogen-bond donors (Lipinski definition) is 2. The highest BCUT2D eigenvalue weighted by atomic mass is 19.1. The Morgan fingerprint density at radius 2 is 1.83 bits per heavy atom. The summed E-state index contributed by atoms with van der Waals surface area (Å²) in [6, 6.07) is 16.7. The average molecular weight is 495 g/mol. The first-order valence-electron chi connectivity index (χ1n) is 11.7. The minimum absolute atomic E-state index is 0.108. The molecule has 1 aliphatic heterocycles. The molecule has 0 saturated carbocycles. The third kappa shape index (κ3) is 6.60. The molecule has 2 N–H and O–H groups in total. The normalized spacial score (nSPS) is 14.6. The largest absolute Gasteiger partial charge is 0.503 e. The Morgan fingerprint density at radius 3 is 2.64 bits per heavy atom. The fourth-order valence-electron chi connectivity index (χ4n) is 3.89. The van der Waals surface area contributed by atoms with Gasteiger partial charge in [-0.05, 0) is 56.3 Å². The first-order valence-corrected chi connectivity index (χ1v) is 11.7. The number of hydrogen-bond acceptors (Lipinski definition) is 5. The maximum atomic E-state index is 13.9. The quantitative estimate of drug-likeness (QED) is 0.412.